The lowest BCUT2D eigenvalue weighted by molar-refractivity contribution is 0.245. The van der Waals surface area contributed by atoms with E-state index >= 15 is 0 Å². The van der Waals surface area contributed by atoms with Crippen LogP contribution >= 0.6 is 0 Å². The molecule has 0 atom stereocenters. The second-order valence-electron chi connectivity index (χ2n) is 3.68. The summed E-state index contributed by atoms with van der Waals surface area (Å²) in [7, 11) is 1.66. The van der Waals surface area contributed by atoms with Crippen molar-refractivity contribution in [1.82, 2.24) is 5.32 Å². The zero-order valence-electron chi connectivity index (χ0n) is 9.19. The molecule has 0 aliphatic heterocycles. The summed E-state index contributed by atoms with van der Waals surface area (Å²) < 4.78 is 0. The fourth-order valence-corrected chi connectivity index (χ4v) is 1.16. The van der Waals surface area contributed by atoms with Crippen LogP contribution in [0.4, 0.5) is 10.5 Å². The zero-order chi connectivity index (χ0) is 11.4. The van der Waals surface area contributed by atoms with Gasteiger partial charge in [0.25, 0.3) is 0 Å². The minimum absolute atomic E-state index is 0.0947. The van der Waals surface area contributed by atoms with Crippen LogP contribution in [0.5, 0.6) is 5.75 Å². The molecule has 0 aliphatic carbocycles. The van der Waals surface area contributed by atoms with E-state index in [4.69, 9.17) is 0 Å². The summed E-state index contributed by atoms with van der Waals surface area (Å²) >= 11 is 0. The molecule has 82 valence electrons. The highest BCUT2D eigenvalue weighted by atomic mass is 16.3. The van der Waals surface area contributed by atoms with E-state index in [0.717, 1.165) is 0 Å². The summed E-state index contributed by atoms with van der Waals surface area (Å²) in [6, 6.07) is 6.48. The van der Waals surface area contributed by atoms with Gasteiger partial charge in [-0.3, -0.25) is 4.90 Å². The van der Waals surface area contributed by atoms with Crippen molar-refractivity contribution in [3.8, 4) is 5.75 Å². The number of hydrogen-bond donors (Lipinski definition) is 2. The maximum Gasteiger partial charge on any atom is 0.321 e. The Morgan fingerprint density at radius 1 is 1.47 bits per heavy atom. The van der Waals surface area contributed by atoms with Crippen LogP contribution in [0.2, 0.25) is 0 Å². The molecular weight excluding hydrogens is 192 g/mol. The van der Waals surface area contributed by atoms with Gasteiger partial charge in [-0.25, -0.2) is 4.79 Å². The molecule has 0 radical (unpaired) electrons. The van der Waals surface area contributed by atoms with Gasteiger partial charge in [0, 0.05) is 24.8 Å². The standard InChI is InChI=1S/C11H16N2O2/c1-8(2)12-11(15)13(3)9-5-4-6-10(14)7-9/h4-8,14H,1-3H3,(H,12,15). The van der Waals surface area contributed by atoms with Gasteiger partial charge in [-0.05, 0) is 26.0 Å². The Kier molecular flexibility index (Phi) is 3.55. The number of amides is 2. The molecule has 1 rings (SSSR count). The Labute approximate surface area is 89.5 Å². The third-order valence-electron chi connectivity index (χ3n) is 1.93. The molecule has 0 spiro atoms. The average Bonchev–Trinajstić information content (AvgIpc) is 2.15. The first kappa shape index (κ1) is 11.4. The molecule has 0 unspecified atom stereocenters. The lowest BCUT2D eigenvalue weighted by atomic mass is 10.3. The number of nitrogens with one attached hydrogen (secondary N) is 1. The fraction of sp³-hybridized carbons (Fsp3) is 0.364. The van der Waals surface area contributed by atoms with E-state index in [-0.39, 0.29) is 17.8 Å². The Morgan fingerprint density at radius 3 is 2.67 bits per heavy atom. The van der Waals surface area contributed by atoms with Gasteiger partial charge in [0.2, 0.25) is 0 Å². The molecule has 15 heavy (non-hydrogen) atoms. The molecule has 0 bridgehead atoms. The maximum absolute atomic E-state index is 11.6. The van der Waals surface area contributed by atoms with Gasteiger partial charge < -0.3 is 10.4 Å². The number of carbonyl (C=O) groups is 1. The van der Waals surface area contributed by atoms with Crippen LogP contribution in [0, 0.1) is 0 Å². The number of phenols is 1. The Balaban J connectivity index is 2.76. The minimum Gasteiger partial charge on any atom is -0.508 e. The van der Waals surface area contributed by atoms with Crippen molar-refractivity contribution >= 4 is 11.7 Å². The van der Waals surface area contributed by atoms with E-state index < -0.39 is 0 Å². The molecule has 1 aromatic carbocycles. The van der Waals surface area contributed by atoms with Crippen LogP contribution in [0.3, 0.4) is 0 Å². The van der Waals surface area contributed by atoms with Gasteiger partial charge in [-0.2, -0.15) is 0 Å². The van der Waals surface area contributed by atoms with Crippen molar-refractivity contribution in [1.29, 1.82) is 0 Å². The molecule has 2 N–H and O–H groups in total. The monoisotopic (exact) mass is 208 g/mol. The van der Waals surface area contributed by atoms with Crippen molar-refractivity contribution in [3.63, 3.8) is 0 Å². The molecule has 0 aromatic heterocycles. The van der Waals surface area contributed by atoms with E-state index in [1.54, 1.807) is 31.3 Å². The van der Waals surface area contributed by atoms with Gasteiger partial charge in [0.15, 0.2) is 0 Å². The fourth-order valence-electron chi connectivity index (χ4n) is 1.16. The predicted octanol–water partition coefficient (Wildman–Crippen LogP) is 1.95. The first-order valence-corrected chi connectivity index (χ1v) is 4.84. The smallest absolute Gasteiger partial charge is 0.321 e. The number of hydrogen-bond acceptors (Lipinski definition) is 2. The van der Waals surface area contributed by atoms with Gasteiger partial charge in [-0.15, -0.1) is 0 Å². The Bertz CT molecular complexity index is 350. The SMILES string of the molecule is CC(C)NC(=O)N(C)c1cccc(O)c1. The lowest BCUT2D eigenvalue weighted by Gasteiger charge is -2.19. The summed E-state index contributed by atoms with van der Waals surface area (Å²) in [5, 5.41) is 12.0. The number of rotatable bonds is 2. The number of benzene rings is 1. The Morgan fingerprint density at radius 2 is 2.13 bits per heavy atom. The molecule has 0 fully saturated rings. The number of aromatic hydroxyl groups is 1. The first-order valence-electron chi connectivity index (χ1n) is 4.84. The molecule has 1 aromatic rings. The topological polar surface area (TPSA) is 52.6 Å². The van der Waals surface area contributed by atoms with Crippen molar-refractivity contribution in [2.75, 3.05) is 11.9 Å². The zero-order valence-corrected chi connectivity index (χ0v) is 9.19. The lowest BCUT2D eigenvalue weighted by Crippen LogP contribution is -2.40. The van der Waals surface area contributed by atoms with Gasteiger partial charge in [0.05, 0.1) is 0 Å². The number of phenolic OH excluding ortho intramolecular Hbond substituents is 1. The highest BCUT2D eigenvalue weighted by molar-refractivity contribution is 5.91. The minimum atomic E-state index is -0.185. The first-order chi connectivity index (χ1) is 7.00. The third kappa shape index (κ3) is 3.16. The van der Waals surface area contributed by atoms with E-state index in [2.05, 4.69) is 5.32 Å². The largest absolute Gasteiger partial charge is 0.508 e. The number of nitrogens with zero attached hydrogens (tertiary/aromatic N) is 1. The molecule has 2 amide bonds. The second kappa shape index (κ2) is 4.68. The molecule has 4 nitrogen and oxygen atoms in total. The number of anilines is 1. The van der Waals surface area contributed by atoms with Gasteiger partial charge >= 0.3 is 6.03 Å². The summed E-state index contributed by atoms with van der Waals surface area (Å²) in [4.78, 5) is 13.1. The van der Waals surface area contributed by atoms with Crippen molar-refractivity contribution in [2.24, 2.45) is 0 Å². The van der Waals surface area contributed by atoms with Crippen LogP contribution in [-0.4, -0.2) is 24.2 Å². The van der Waals surface area contributed by atoms with Crippen molar-refractivity contribution in [2.45, 2.75) is 19.9 Å². The van der Waals surface area contributed by atoms with Gasteiger partial charge in [-0.1, -0.05) is 6.07 Å². The van der Waals surface area contributed by atoms with Crippen LogP contribution in [-0.2, 0) is 0 Å². The van der Waals surface area contributed by atoms with E-state index in [0.29, 0.717) is 5.69 Å². The molecule has 0 saturated heterocycles. The highest BCUT2D eigenvalue weighted by Crippen LogP contribution is 2.18. The quantitative estimate of drug-likeness (QED) is 0.780. The molecule has 0 saturated carbocycles. The van der Waals surface area contributed by atoms with Crippen LogP contribution in [0.15, 0.2) is 24.3 Å². The molecule has 0 aliphatic rings. The van der Waals surface area contributed by atoms with Gasteiger partial charge in [0.1, 0.15) is 5.75 Å². The van der Waals surface area contributed by atoms with Crippen molar-refractivity contribution < 1.29 is 9.90 Å². The van der Waals surface area contributed by atoms with Crippen molar-refractivity contribution in [3.05, 3.63) is 24.3 Å². The van der Waals surface area contributed by atoms with Crippen LogP contribution in [0.25, 0.3) is 0 Å². The summed E-state index contributed by atoms with van der Waals surface area (Å²) in [6.45, 7) is 3.79. The number of urea groups is 1. The average molecular weight is 208 g/mol. The highest BCUT2D eigenvalue weighted by Gasteiger charge is 2.11. The summed E-state index contributed by atoms with van der Waals surface area (Å²) in [5.74, 6) is 0.150. The van der Waals surface area contributed by atoms with Crippen LogP contribution < -0.4 is 10.2 Å². The molecular formula is C11H16N2O2. The van der Waals surface area contributed by atoms with E-state index in [9.17, 15) is 9.90 Å². The van der Waals surface area contributed by atoms with E-state index in [1.165, 1.54) is 4.90 Å². The van der Waals surface area contributed by atoms with Crippen LogP contribution in [0.1, 0.15) is 13.8 Å². The number of carbonyl (C=O) groups excluding carboxylic acids is 1. The maximum atomic E-state index is 11.6. The predicted molar refractivity (Wildman–Crippen MR) is 60.2 cm³/mol. The third-order valence-corrected chi connectivity index (χ3v) is 1.93. The molecule has 0 heterocycles. The summed E-state index contributed by atoms with van der Waals surface area (Å²) in [5.41, 5.74) is 0.660. The summed E-state index contributed by atoms with van der Waals surface area (Å²) in [6.07, 6.45) is 0. The second-order valence-corrected chi connectivity index (χ2v) is 3.68. The Hall–Kier alpha value is -1.71. The van der Waals surface area contributed by atoms with E-state index in [1.807, 2.05) is 13.8 Å². The normalized spacial score (nSPS) is 10.1. The molecule has 4 heteroatoms.